The summed E-state index contributed by atoms with van der Waals surface area (Å²) in [4.78, 5) is 38.9. The lowest BCUT2D eigenvalue weighted by molar-refractivity contribution is -0.174. The summed E-state index contributed by atoms with van der Waals surface area (Å²) in [6, 6.07) is 0. The zero-order valence-electron chi connectivity index (χ0n) is 25.0. The number of cyclic esters (lactones) is 1. The number of hydrogen-bond donors (Lipinski definition) is 1. The molecule has 0 aromatic carbocycles. The van der Waals surface area contributed by atoms with E-state index < -0.39 is 16.4 Å². The van der Waals surface area contributed by atoms with Gasteiger partial charge in [0.2, 0.25) is 0 Å². The fourth-order valence-corrected chi connectivity index (χ4v) is 11.1. The number of fused-ring (bicyclic) bond motifs is 4. The normalized spacial score (nSPS) is 51.3. The van der Waals surface area contributed by atoms with Gasteiger partial charge in [-0.2, -0.15) is 0 Å². The average Bonchev–Trinajstić information content (AvgIpc) is 3.68. The molecule has 40 heavy (non-hydrogen) atoms. The van der Waals surface area contributed by atoms with Crippen LogP contribution in [0.2, 0.25) is 0 Å². The number of carbonyl (C=O) groups is 3. The second-order valence-electron chi connectivity index (χ2n) is 15.4. The molecule has 0 bridgehead atoms. The Bertz CT molecular complexity index is 1200. The van der Waals surface area contributed by atoms with Crippen LogP contribution in [0.4, 0.5) is 0 Å². The summed E-state index contributed by atoms with van der Waals surface area (Å²) < 4.78 is 19.0. The smallest absolute Gasteiger partial charge is 0.336 e. The molecule has 0 aromatic rings. The Balaban J connectivity index is 1.13. The molecule has 12 atom stereocenters. The van der Waals surface area contributed by atoms with Crippen LogP contribution in [0.15, 0.2) is 11.1 Å². The van der Waals surface area contributed by atoms with Crippen LogP contribution in [0.1, 0.15) is 92.9 Å². The minimum Gasteiger partial charge on any atom is -0.458 e. The molecule has 2 aliphatic heterocycles. The van der Waals surface area contributed by atoms with Gasteiger partial charge in [-0.05, 0) is 101 Å². The fraction of sp³-hybridized carbons (Fsp3) is 0.848. The molecule has 1 N–H and O–H groups in total. The predicted molar refractivity (Wildman–Crippen MR) is 146 cm³/mol. The van der Waals surface area contributed by atoms with E-state index in [9.17, 15) is 19.5 Å². The summed E-state index contributed by atoms with van der Waals surface area (Å²) >= 11 is 0. The molecule has 6 fully saturated rings. The summed E-state index contributed by atoms with van der Waals surface area (Å²) in [5, 5.41) is 9.60. The van der Waals surface area contributed by atoms with E-state index in [1.165, 1.54) is 0 Å². The number of carbonyl (C=O) groups excluding carboxylic acids is 3. The van der Waals surface area contributed by atoms with Crippen molar-refractivity contribution in [1.29, 1.82) is 0 Å². The van der Waals surface area contributed by atoms with Crippen LogP contribution >= 0.6 is 0 Å². The first kappa shape index (κ1) is 27.3. The molecule has 0 amide bonds. The molecule has 7 nitrogen and oxygen atoms in total. The molecule has 7 aliphatic rings. The van der Waals surface area contributed by atoms with Crippen molar-refractivity contribution >= 4 is 17.5 Å². The van der Waals surface area contributed by atoms with Gasteiger partial charge in [0.25, 0.3) is 0 Å². The van der Waals surface area contributed by atoms with Gasteiger partial charge in [-0.1, -0.05) is 19.4 Å². The second-order valence-corrected chi connectivity index (χ2v) is 15.4. The van der Waals surface area contributed by atoms with Crippen molar-refractivity contribution in [1.82, 2.24) is 0 Å². The number of epoxide rings is 1. The first-order valence-corrected chi connectivity index (χ1v) is 15.7. The Morgan fingerprint density at radius 3 is 2.42 bits per heavy atom. The molecule has 5 saturated carbocycles. The van der Waals surface area contributed by atoms with Crippen LogP contribution in [0.3, 0.4) is 0 Å². The zero-order valence-corrected chi connectivity index (χ0v) is 25.0. The Labute approximate surface area is 237 Å². The van der Waals surface area contributed by atoms with Gasteiger partial charge in [0.1, 0.15) is 23.6 Å². The highest BCUT2D eigenvalue weighted by Crippen LogP contribution is 2.74. The van der Waals surface area contributed by atoms with Crippen molar-refractivity contribution in [3.8, 4) is 0 Å². The number of ether oxygens (including phenoxy) is 3. The number of rotatable bonds is 5. The van der Waals surface area contributed by atoms with Gasteiger partial charge >= 0.3 is 5.97 Å². The third-order valence-corrected chi connectivity index (χ3v) is 13.7. The van der Waals surface area contributed by atoms with Gasteiger partial charge in [0.05, 0.1) is 35.2 Å². The molecule has 1 saturated heterocycles. The maximum Gasteiger partial charge on any atom is 0.336 e. The summed E-state index contributed by atoms with van der Waals surface area (Å²) in [5.41, 5.74) is -0.0870. The number of esters is 1. The summed E-state index contributed by atoms with van der Waals surface area (Å²) in [5.74, 6) is 2.01. The SMILES string of the molecule is CC1=C(CO)C(=O)O[C@@H]([C@@H](C)[C@H]2CC[C@H]3[C@@H]4C[C@H]5O[C@]56[C@@H](O[C@H]5C(=O)C5(C)C)CCC(=O)[C@]6(C)[C@H]4CC[C@]23C)C1. The third-order valence-electron chi connectivity index (χ3n) is 13.7. The van der Waals surface area contributed by atoms with E-state index in [4.69, 9.17) is 14.2 Å². The summed E-state index contributed by atoms with van der Waals surface area (Å²) in [7, 11) is 0. The molecular weight excluding hydrogens is 508 g/mol. The van der Waals surface area contributed by atoms with Crippen molar-refractivity contribution in [2.75, 3.05) is 6.61 Å². The maximum atomic E-state index is 13.9. The first-order chi connectivity index (χ1) is 18.8. The van der Waals surface area contributed by atoms with Gasteiger partial charge in [-0.3, -0.25) is 9.59 Å². The van der Waals surface area contributed by atoms with Crippen LogP contribution in [-0.2, 0) is 28.6 Å². The minimum atomic E-state index is -0.577. The quantitative estimate of drug-likeness (QED) is 0.392. The van der Waals surface area contributed by atoms with Crippen LogP contribution in [0.25, 0.3) is 0 Å². The molecule has 7 heteroatoms. The van der Waals surface area contributed by atoms with Gasteiger partial charge in [-0.25, -0.2) is 4.79 Å². The molecular formula is C33H46O7. The van der Waals surface area contributed by atoms with Crippen molar-refractivity contribution in [2.45, 2.75) is 123 Å². The molecule has 0 unspecified atom stereocenters. The van der Waals surface area contributed by atoms with E-state index in [-0.39, 0.29) is 60.0 Å². The summed E-state index contributed by atoms with van der Waals surface area (Å²) in [6.45, 7) is 12.5. The van der Waals surface area contributed by atoms with E-state index in [1.807, 2.05) is 20.8 Å². The zero-order chi connectivity index (χ0) is 28.6. The second kappa shape index (κ2) is 8.50. The summed E-state index contributed by atoms with van der Waals surface area (Å²) in [6.07, 6.45) is 6.42. The third kappa shape index (κ3) is 3.26. The predicted octanol–water partition coefficient (Wildman–Crippen LogP) is 4.58. The Hall–Kier alpha value is -1.57. The molecule has 0 aromatic heterocycles. The molecule has 5 aliphatic carbocycles. The number of ketones is 2. The average molecular weight is 555 g/mol. The van der Waals surface area contributed by atoms with Crippen LogP contribution in [0.5, 0.6) is 0 Å². The van der Waals surface area contributed by atoms with Crippen LogP contribution in [-0.4, -0.2) is 59.3 Å². The Morgan fingerprint density at radius 1 is 1.05 bits per heavy atom. The van der Waals surface area contributed by atoms with E-state index in [1.54, 1.807) is 0 Å². The topological polar surface area (TPSA) is 102 Å². The Morgan fingerprint density at radius 2 is 1.77 bits per heavy atom. The van der Waals surface area contributed by atoms with E-state index in [0.717, 1.165) is 37.7 Å². The van der Waals surface area contributed by atoms with Crippen molar-refractivity contribution in [2.24, 2.45) is 45.8 Å². The maximum absolute atomic E-state index is 13.9. The van der Waals surface area contributed by atoms with E-state index in [2.05, 4.69) is 20.8 Å². The highest BCUT2D eigenvalue weighted by molar-refractivity contribution is 6.05. The lowest BCUT2D eigenvalue weighted by atomic mass is 9.43. The monoisotopic (exact) mass is 554 g/mol. The molecule has 1 spiro atoms. The standard InChI is InChI=1S/C33H46O7/c1-16-13-23(38-29(37)19(16)15-34)17(2)20-7-8-21-18-14-26-33(40-26)25(39-28-27(36)30(28,3)4)10-9-24(35)32(33,6)22(18)11-12-31(20,21)5/h17-18,20-23,25-26,28,34H,7-15H2,1-6H3/t17-,18-,20+,21-,22-,23+,25-,26+,28-,31+,32-,33+/m0/s1. The molecule has 2 heterocycles. The van der Waals surface area contributed by atoms with E-state index >= 15 is 0 Å². The van der Waals surface area contributed by atoms with Gasteiger partial charge in [-0.15, -0.1) is 0 Å². The van der Waals surface area contributed by atoms with Gasteiger partial charge < -0.3 is 19.3 Å². The lowest BCUT2D eigenvalue weighted by Gasteiger charge is -2.59. The fourth-order valence-electron chi connectivity index (χ4n) is 11.1. The van der Waals surface area contributed by atoms with Crippen molar-refractivity contribution in [3.63, 3.8) is 0 Å². The minimum absolute atomic E-state index is 0.0211. The molecule has 220 valence electrons. The van der Waals surface area contributed by atoms with Crippen molar-refractivity contribution < 1.29 is 33.7 Å². The molecule has 7 rings (SSSR count). The Kier molecular flexibility index (Phi) is 5.80. The first-order valence-electron chi connectivity index (χ1n) is 15.7. The van der Waals surface area contributed by atoms with Crippen LogP contribution < -0.4 is 0 Å². The van der Waals surface area contributed by atoms with Gasteiger partial charge in [0.15, 0.2) is 5.78 Å². The van der Waals surface area contributed by atoms with Crippen LogP contribution in [0, 0.1) is 45.8 Å². The van der Waals surface area contributed by atoms with Gasteiger partial charge in [0, 0.05) is 12.8 Å². The number of Topliss-reactive ketones (excluding diaryl/α,β-unsaturated/α-hetero) is 2. The number of hydrogen-bond acceptors (Lipinski definition) is 7. The van der Waals surface area contributed by atoms with E-state index in [0.29, 0.717) is 48.4 Å². The van der Waals surface area contributed by atoms with Crippen molar-refractivity contribution in [3.05, 3.63) is 11.1 Å². The molecule has 0 radical (unpaired) electrons. The lowest BCUT2D eigenvalue weighted by Crippen LogP contribution is -2.65. The highest BCUT2D eigenvalue weighted by Gasteiger charge is 2.82. The highest BCUT2D eigenvalue weighted by atomic mass is 16.6. The largest absolute Gasteiger partial charge is 0.458 e. The number of aliphatic hydroxyl groups is 1. The number of aliphatic hydroxyl groups excluding tert-OH is 1.